The molecule has 0 saturated heterocycles. The molecule has 3 amide bonds. The van der Waals surface area contributed by atoms with Gasteiger partial charge in [0.1, 0.15) is 6.04 Å². The number of rotatable bonds is 6. The molecular formula is C21H19N3O4. The molecule has 0 aliphatic carbocycles. The van der Waals surface area contributed by atoms with Gasteiger partial charge in [-0.05, 0) is 29.8 Å². The fourth-order valence-electron chi connectivity index (χ4n) is 2.57. The lowest BCUT2D eigenvalue weighted by Crippen LogP contribution is -2.53. The van der Waals surface area contributed by atoms with Crippen LogP contribution < -0.4 is 16.2 Å². The Kier molecular flexibility index (Phi) is 6.20. The highest BCUT2D eigenvalue weighted by atomic mass is 16.3. The highest BCUT2D eigenvalue weighted by Gasteiger charge is 2.23. The smallest absolute Gasteiger partial charge is 0.305 e. The lowest BCUT2D eigenvalue weighted by atomic mass is 10.0. The molecule has 7 nitrogen and oxygen atoms in total. The second-order valence-electron chi connectivity index (χ2n) is 6.00. The van der Waals surface area contributed by atoms with Crippen LogP contribution >= 0.6 is 0 Å². The molecule has 0 unspecified atom stereocenters. The number of hydrogen-bond acceptors (Lipinski definition) is 4. The number of benzene rings is 2. The van der Waals surface area contributed by atoms with Crippen LogP contribution in [0.3, 0.4) is 0 Å². The van der Waals surface area contributed by atoms with Crippen molar-refractivity contribution in [2.75, 3.05) is 0 Å². The summed E-state index contributed by atoms with van der Waals surface area (Å²) in [6.07, 6.45) is 1.62. The third kappa shape index (κ3) is 5.07. The van der Waals surface area contributed by atoms with E-state index in [1.54, 1.807) is 36.4 Å². The van der Waals surface area contributed by atoms with Crippen LogP contribution in [0, 0.1) is 0 Å². The maximum absolute atomic E-state index is 12.6. The molecule has 0 spiro atoms. The summed E-state index contributed by atoms with van der Waals surface area (Å²) < 4.78 is 4.97. The normalized spacial score (nSPS) is 11.3. The molecule has 3 aromatic rings. The Bertz CT molecular complexity index is 925. The molecular weight excluding hydrogens is 358 g/mol. The van der Waals surface area contributed by atoms with Crippen molar-refractivity contribution in [3.8, 4) is 0 Å². The van der Waals surface area contributed by atoms with Crippen molar-refractivity contribution in [3.63, 3.8) is 0 Å². The number of hydrogen-bond donors (Lipinski definition) is 3. The Morgan fingerprint density at radius 1 is 0.786 bits per heavy atom. The van der Waals surface area contributed by atoms with E-state index in [0.717, 1.165) is 5.56 Å². The minimum atomic E-state index is -0.882. The van der Waals surface area contributed by atoms with Crippen LogP contribution in [-0.4, -0.2) is 23.8 Å². The zero-order chi connectivity index (χ0) is 19.8. The van der Waals surface area contributed by atoms with Crippen molar-refractivity contribution in [1.29, 1.82) is 0 Å². The van der Waals surface area contributed by atoms with Gasteiger partial charge in [0.15, 0.2) is 5.76 Å². The first kappa shape index (κ1) is 18.9. The van der Waals surface area contributed by atoms with Crippen LogP contribution in [0.4, 0.5) is 0 Å². The Labute approximate surface area is 161 Å². The highest BCUT2D eigenvalue weighted by molar-refractivity contribution is 5.98. The van der Waals surface area contributed by atoms with Gasteiger partial charge in [0.05, 0.1) is 6.26 Å². The molecule has 1 aromatic heterocycles. The number of furan rings is 1. The fraction of sp³-hybridized carbons (Fsp3) is 0.0952. The molecule has 0 fully saturated rings. The predicted molar refractivity (Wildman–Crippen MR) is 102 cm³/mol. The molecule has 1 atom stereocenters. The van der Waals surface area contributed by atoms with Gasteiger partial charge in [0, 0.05) is 12.0 Å². The Hall–Kier alpha value is -3.87. The summed E-state index contributed by atoms with van der Waals surface area (Å²) >= 11 is 0. The molecule has 3 rings (SSSR count). The van der Waals surface area contributed by atoms with Crippen molar-refractivity contribution in [1.82, 2.24) is 16.2 Å². The van der Waals surface area contributed by atoms with E-state index < -0.39 is 17.9 Å². The molecule has 1 heterocycles. The van der Waals surface area contributed by atoms with Gasteiger partial charge in [0.2, 0.25) is 0 Å². The van der Waals surface area contributed by atoms with E-state index in [1.807, 2.05) is 30.3 Å². The first-order chi connectivity index (χ1) is 13.6. The maximum atomic E-state index is 12.6. The minimum absolute atomic E-state index is 0.0632. The zero-order valence-electron chi connectivity index (χ0n) is 14.9. The van der Waals surface area contributed by atoms with Gasteiger partial charge >= 0.3 is 5.91 Å². The lowest BCUT2D eigenvalue weighted by Gasteiger charge is -2.19. The molecule has 0 aliphatic rings. The van der Waals surface area contributed by atoms with E-state index in [9.17, 15) is 14.4 Å². The van der Waals surface area contributed by atoms with E-state index in [0.29, 0.717) is 5.56 Å². The van der Waals surface area contributed by atoms with Crippen molar-refractivity contribution in [2.45, 2.75) is 12.5 Å². The molecule has 28 heavy (non-hydrogen) atoms. The van der Waals surface area contributed by atoms with Crippen LogP contribution in [-0.2, 0) is 11.2 Å². The molecule has 0 saturated carbocycles. The van der Waals surface area contributed by atoms with E-state index >= 15 is 0 Å². The van der Waals surface area contributed by atoms with Crippen LogP contribution in [0.2, 0.25) is 0 Å². The summed E-state index contributed by atoms with van der Waals surface area (Å²) in [5.41, 5.74) is 5.92. The van der Waals surface area contributed by atoms with Gasteiger partial charge in [-0.2, -0.15) is 0 Å². The summed E-state index contributed by atoms with van der Waals surface area (Å²) in [6, 6.07) is 20.0. The van der Waals surface area contributed by atoms with Crippen LogP contribution in [0.1, 0.15) is 26.5 Å². The number of amides is 3. The van der Waals surface area contributed by atoms with Crippen molar-refractivity contribution in [3.05, 3.63) is 95.9 Å². The van der Waals surface area contributed by atoms with E-state index in [4.69, 9.17) is 4.42 Å². The topological polar surface area (TPSA) is 100 Å². The first-order valence-electron chi connectivity index (χ1n) is 8.67. The summed E-state index contributed by atoms with van der Waals surface area (Å²) in [4.78, 5) is 37.0. The first-order valence-corrected chi connectivity index (χ1v) is 8.67. The average molecular weight is 377 g/mol. The summed E-state index contributed by atoms with van der Waals surface area (Å²) in [6.45, 7) is 0. The third-order valence-electron chi connectivity index (χ3n) is 3.98. The van der Waals surface area contributed by atoms with Gasteiger partial charge in [-0.3, -0.25) is 25.2 Å². The Balaban J connectivity index is 1.68. The van der Waals surface area contributed by atoms with Crippen molar-refractivity contribution < 1.29 is 18.8 Å². The molecule has 0 bridgehead atoms. The highest BCUT2D eigenvalue weighted by Crippen LogP contribution is 2.06. The van der Waals surface area contributed by atoms with E-state index in [2.05, 4.69) is 16.2 Å². The second kappa shape index (κ2) is 9.18. The Morgan fingerprint density at radius 3 is 2.11 bits per heavy atom. The molecule has 0 aliphatic heterocycles. The molecule has 0 radical (unpaired) electrons. The minimum Gasteiger partial charge on any atom is -0.459 e. The van der Waals surface area contributed by atoms with E-state index in [1.165, 1.54) is 12.3 Å². The number of hydrazine groups is 1. The standard InChI is InChI=1S/C21H19N3O4/c25-19(16-10-5-2-6-11-16)22-17(14-15-8-3-1-4-9-15)20(26)23-24-21(27)18-12-7-13-28-18/h1-13,17H,14H2,(H,22,25)(H,23,26)(H,24,27)/t17-/m1/s1. The summed E-state index contributed by atoms with van der Waals surface area (Å²) in [5, 5.41) is 2.71. The van der Waals surface area contributed by atoms with Gasteiger partial charge in [-0.15, -0.1) is 0 Å². The molecule has 3 N–H and O–H groups in total. The fourth-order valence-corrected chi connectivity index (χ4v) is 2.57. The van der Waals surface area contributed by atoms with Gasteiger partial charge < -0.3 is 9.73 Å². The monoisotopic (exact) mass is 377 g/mol. The zero-order valence-corrected chi connectivity index (χ0v) is 14.9. The maximum Gasteiger partial charge on any atom is 0.305 e. The summed E-state index contributed by atoms with van der Waals surface area (Å²) in [7, 11) is 0. The second-order valence-corrected chi connectivity index (χ2v) is 6.00. The molecule has 142 valence electrons. The third-order valence-corrected chi connectivity index (χ3v) is 3.98. The number of nitrogens with one attached hydrogen (secondary N) is 3. The molecule has 2 aromatic carbocycles. The number of carbonyl (C=O) groups is 3. The Morgan fingerprint density at radius 2 is 1.46 bits per heavy atom. The van der Waals surface area contributed by atoms with Gasteiger partial charge in [-0.25, -0.2) is 0 Å². The van der Waals surface area contributed by atoms with Crippen molar-refractivity contribution >= 4 is 17.7 Å². The average Bonchev–Trinajstić information content (AvgIpc) is 3.27. The predicted octanol–water partition coefficient (Wildman–Crippen LogP) is 2.08. The largest absolute Gasteiger partial charge is 0.459 e. The quantitative estimate of drug-likeness (QED) is 0.573. The van der Waals surface area contributed by atoms with Crippen LogP contribution in [0.5, 0.6) is 0 Å². The van der Waals surface area contributed by atoms with Crippen LogP contribution in [0.25, 0.3) is 0 Å². The number of carbonyl (C=O) groups excluding carboxylic acids is 3. The van der Waals surface area contributed by atoms with Gasteiger partial charge in [-0.1, -0.05) is 48.5 Å². The van der Waals surface area contributed by atoms with Crippen LogP contribution in [0.15, 0.2) is 83.5 Å². The molecule has 7 heteroatoms. The van der Waals surface area contributed by atoms with E-state index in [-0.39, 0.29) is 18.1 Å². The van der Waals surface area contributed by atoms with Crippen molar-refractivity contribution in [2.24, 2.45) is 0 Å². The van der Waals surface area contributed by atoms with Gasteiger partial charge in [0.25, 0.3) is 11.8 Å². The SMILES string of the molecule is O=C(N[C@H](Cc1ccccc1)C(=O)NNC(=O)c1ccco1)c1ccccc1. The summed E-state index contributed by atoms with van der Waals surface area (Å²) in [5.74, 6) is -1.46. The lowest BCUT2D eigenvalue weighted by molar-refractivity contribution is -0.123.